The van der Waals surface area contributed by atoms with Crippen LogP contribution in [0.1, 0.15) is 45.3 Å². The van der Waals surface area contributed by atoms with Crippen LogP contribution in [0.3, 0.4) is 0 Å². The van der Waals surface area contributed by atoms with Crippen molar-refractivity contribution in [3.05, 3.63) is 28.0 Å². The van der Waals surface area contributed by atoms with Gasteiger partial charge in [-0.25, -0.2) is 0 Å². The van der Waals surface area contributed by atoms with Crippen LogP contribution in [0.5, 0.6) is 0 Å². The van der Waals surface area contributed by atoms with E-state index >= 15 is 0 Å². The minimum absolute atomic E-state index is 0.121. The smallest absolute Gasteiger partial charge is 0.0757 e. The summed E-state index contributed by atoms with van der Waals surface area (Å²) in [5.74, 6) is 0. The van der Waals surface area contributed by atoms with Crippen LogP contribution in [0, 0.1) is 5.41 Å². The van der Waals surface area contributed by atoms with Crippen molar-refractivity contribution in [2.24, 2.45) is 11.1 Å². The standard InChI is InChI=1S/C12H18Cl2N2/c1-12(2,3)5-4-10(15)11-9(14)6-8(13)7-16-11/h6-7,10H,4-5,15H2,1-3H3. The van der Waals surface area contributed by atoms with Gasteiger partial charge in [0, 0.05) is 12.2 Å². The van der Waals surface area contributed by atoms with Gasteiger partial charge in [0.05, 0.1) is 15.7 Å². The quantitative estimate of drug-likeness (QED) is 0.884. The van der Waals surface area contributed by atoms with Crippen LogP contribution in [0.2, 0.25) is 10.0 Å². The molecule has 0 aromatic carbocycles. The predicted molar refractivity (Wildman–Crippen MR) is 69.9 cm³/mol. The van der Waals surface area contributed by atoms with Crippen molar-refractivity contribution in [1.82, 2.24) is 4.98 Å². The van der Waals surface area contributed by atoms with E-state index in [9.17, 15) is 0 Å². The lowest BCUT2D eigenvalue weighted by Gasteiger charge is -2.21. The van der Waals surface area contributed by atoms with E-state index < -0.39 is 0 Å². The molecule has 0 aliphatic rings. The van der Waals surface area contributed by atoms with Gasteiger partial charge in [0.1, 0.15) is 0 Å². The normalized spacial score (nSPS) is 13.9. The summed E-state index contributed by atoms with van der Waals surface area (Å²) in [4.78, 5) is 4.19. The molecular weight excluding hydrogens is 243 g/mol. The monoisotopic (exact) mass is 260 g/mol. The molecule has 16 heavy (non-hydrogen) atoms. The van der Waals surface area contributed by atoms with E-state index in [1.54, 1.807) is 12.3 Å². The Balaban J connectivity index is 2.70. The summed E-state index contributed by atoms with van der Waals surface area (Å²) in [6.45, 7) is 6.57. The summed E-state index contributed by atoms with van der Waals surface area (Å²) in [5.41, 5.74) is 7.07. The third kappa shape index (κ3) is 4.28. The highest BCUT2D eigenvalue weighted by molar-refractivity contribution is 6.34. The molecule has 1 atom stereocenters. The maximum absolute atomic E-state index is 6.06. The number of aromatic nitrogens is 1. The molecule has 0 aliphatic carbocycles. The SMILES string of the molecule is CC(C)(C)CCC(N)c1ncc(Cl)cc1Cl. The molecule has 1 aromatic heterocycles. The molecule has 0 aliphatic heterocycles. The first-order chi connectivity index (χ1) is 7.29. The predicted octanol–water partition coefficient (Wildman–Crippen LogP) is 4.21. The largest absolute Gasteiger partial charge is 0.323 e. The fourth-order valence-corrected chi connectivity index (χ4v) is 1.94. The Bertz CT molecular complexity index is 359. The molecule has 1 unspecified atom stereocenters. The molecule has 4 heteroatoms. The maximum atomic E-state index is 6.06. The van der Waals surface area contributed by atoms with Gasteiger partial charge in [-0.3, -0.25) is 4.98 Å². The van der Waals surface area contributed by atoms with Crippen molar-refractivity contribution in [3.8, 4) is 0 Å². The second-order valence-corrected chi connectivity index (χ2v) is 6.07. The molecule has 0 spiro atoms. The number of hydrogen-bond acceptors (Lipinski definition) is 2. The molecule has 90 valence electrons. The highest BCUT2D eigenvalue weighted by Gasteiger charge is 2.16. The minimum Gasteiger partial charge on any atom is -0.323 e. The topological polar surface area (TPSA) is 38.9 Å². The van der Waals surface area contributed by atoms with Crippen LogP contribution >= 0.6 is 23.2 Å². The van der Waals surface area contributed by atoms with Gasteiger partial charge in [-0.05, 0) is 24.3 Å². The number of rotatable bonds is 3. The Hall–Kier alpha value is -0.310. The number of halogens is 2. The highest BCUT2D eigenvalue weighted by atomic mass is 35.5. The molecule has 2 nitrogen and oxygen atoms in total. The van der Waals surface area contributed by atoms with Gasteiger partial charge in [-0.1, -0.05) is 44.0 Å². The summed E-state index contributed by atoms with van der Waals surface area (Å²) >= 11 is 11.8. The molecule has 1 heterocycles. The molecule has 0 radical (unpaired) electrons. The van der Waals surface area contributed by atoms with Crippen molar-refractivity contribution in [2.75, 3.05) is 0 Å². The van der Waals surface area contributed by atoms with Gasteiger partial charge in [-0.2, -0.15) is 0 Å². The van der Waals surface area contributed by atoms with E-state index in [1.807, 2.05) is 0 Å². The van der Waals surface area contributed by atoms with Gasteiger partial charge >= 0.3 is 0 Å². The summed E-state index contributed by atoms with van der Waals surface area (Å²) in [5, 5.41) is 1.09. The van der Waals surface area contributed by atoms with Crippen molar-refractivity contribution >= 4 is 23.2 Å². The van der Waals surface area contributed by atoms with Gasteiger partial charge < -0.3 is 5.73 Å². The van der Waals surface area contributed by atoms with Crippen molar-refractivity contribution in [3.63, 3.8) is 0 Å². The molecule has 0 fully saturated rings. The van der Waals surface area contributed by atoms with Gasteiger partial charge in [0.25, 0.3) is 0 Å². The van der Waals surface area contributed by atoms with E-state index in [1.165, 1.54) is 0 Å². The van der Waals surface area contributed by atoms with E-state index in [2.05, 4.69) is 25.8 Å². The molecular formula is C12H18Cl2N2. The fraction of sp³-hybridized carbons (Fsp3) is 0.583. The zero-order chi connectivity index (χ0) is 12.3. The molecule has 1 rings (SSSR count). The Kier molecular flexibility index (Phi) is 4.60. The van der Waals surface area contributed by atoms with Crippen molar-refractivity contribution in [2.45, 2.75) is 39.7 Å². The number of hydrogen-bond donors (Lipinski definition) is 1. The Labute approximate surface area is 107 Å². The molecule has 0 bridgehead atoms. The average molecular weight is 261 g/mol. The van der Waals surface area contributed by atoms with E-state index in [4.69, 9.17) is 28.9 Å². The molecule has 0 saturated carbocycles. The molecule has 0 amide bonds. The van der Waals surface area contributed by atoms with Crippen LogP contribution < -0.4 is 5.73 Å². The first kappa shape index (κ1) is 13.8. The van der Waals surface area contributed by atoms with Gasteiger partial charge in [0.2, 0.25) is 0 Å². The minimum atomic E-state index is -0.121. The van der Waals surface area contributed by atoms with Crippen molar-refractivity contribution < 1.29 is 0 Å². The lowest BCUT2D eigenvalue weighted by Crippen LogP contribution is -2.16. The molecule has 2 N–H and O–H groups in total. The summed E-state index contributed by atoms with van der Waals surface area (Å²) in [6.07, 6.45) is 3.49. The van der Waals surface area contributed by atoms with Gasteiger partial charge in [-0.15, -0.1) is 0 Å². The first-order valence-electron chi connectivity index (χ1n) is 5.36. The Morgan fingerprint density at radius 2 is 2.00 bits per heavy atom. The highest BCUT2D eigenvalue weighted by Crippen LogP contribution is 2.29. The summed E-state index contributed by atoms with van der Waals surface area (Å²) in [6, 6.07) is 1.56. The maximum Gasteiger partial charge on any atom is 0.0757 e. The Morgan fingerprint density at radius 1 is 1.38 bits per heavy atom. The van der Waals surface area contributed by atoms with E-state index in [-0.39, 0.29) is 11.5 Å². The third-order valence-electron chi connectivity index (χ3n) is 2.39. The first-order valence-corrected chi connectivity index (χ1v) is 6.12. The zero-order valence-corrected chi connectivity index (χ0v) is 11.4. The lowest BCUT2D eigenvalue weighted by molar-refractivity contribution is 0.348. The summed E-state index contributed by atoms with van der Waals surface area (Å²) in [7, 11) is 0. The fourth-order valence-electron chi connectivity index (χ4n) is 1.42. The second kappa shape index (κ2) is 5.35. The molecule has 0 saturated heterocycles. The van der Waals surface area contributed by atoms with Crippen LogP contribution in [-0.4, -0.2) is 4.98 Å². The number of pyridine rings is 1. The molecule has 1 aromatic rings. The number of nitrogens with two attached hydrogens (primary N) is 1. The Morgan fingerprint density at radius 3 is 2.50 bits per heavy atom. The second-order valence-electron chi connectivity index (χ2n) is 5.23. The average Bonchev–Trinajstić information content (AvgIpc) is 2.13. The zero-order valence-electron chi connectivity index (χ0n) is 9.93. The van der Waals surface area contributed by atoms with Crippen molar-refractivity contribution in [1.29, 1.82) is 0 Å². The van der Waals surface area contributed by atoms with Crippen LogP contribution in [0.15, 0.2) is 12.3 Å². The lowest BCUT2D eigenvalue weighted by atomic mass is 9.88. The van der Waals surface area contributed by atoms with Gasteiger partial charge in [0.15, 0.2) is 0 Å². The van der Waals surface area contributed by atoms with E-state index in [0.717, 1.165) is 18.5 Å². The van der Waals surface area contributed by atoms with Crippen LogP contribution in [-0.2, 0) is 0 Å². The van der Waals surface area contributed by atoms with E-state index in [0.29, 0.717) is 10.0 Å². The third-order valence-corrected chi connectivity index (χ3v) is 2.90. The number of nitrogens with zero attached hydrogens (tertiary/aromatic N) is 1. The summed E-state index contributed by atoms with van der Waals surface area (Å²) < 4.78 is 0. The van der Waals surface area contributed by atoms with Crippen LogP contribution in [0.4, 0.5) is 0 Å². The van der Waals surface area contributed by atoms with Crippen LogP contribution in [0.25, 0.3) is 0 Å².